The zero-order chi connectivity index (χ0) is 20.0. The summed E-state index contributed by atoms with van der Waals surface area (Å²) in [5.74, 6) is 1.55. The quantitative estimate of drug-likeness (QED) is 0.540. The van der Waals surface area contributed by atoms with Gasteiger partial charge >= 0.3 is 11.2 Å². The Labute approximate surface area is 161 Å². The second-order valence-corrected chi connectivity index (χ2v) is 7.73. The topological polar surface area (TPSA) is 92.2 Å². The molecular weight excluding hydrogens is 356 g/mol. The van der Waals surface area contributed by atoms with E-state index < -0.39 is 11.2 Å². The van der Waals surface area contributed by atoms with Crippen LogP contribution in [0.25, 0.3) is 21.9 Å². The van der Waals surface area contributed by atoms with E-state index in [0.29, 0.717) is 28.6 Å². The van der Waals surface area contributed by atoms with E-state index >= 15 is 0 Å². The number of hydrogen-bond donors (Lipinski definition) is 2. The van der Waals surface area contributed by atoms with Crippen LogP contribution in [0.1, 0.15) is 27.2 Å². The number of nitrogens with one attached hydrogen (secondary N) is 2. The number of nitrogens with zero attached hydrogens (tertiary/aromatic N) is 2. The van der Waals surface area contributed by atoms with Gasteiger partial charge in [0, 0.05) is 23.0 Å². The van der Waals surface area contributed by atoms with E-state index in [0.717, 1.165) is 22.0 Å². The smallest absolute Gasteiger partial charge is 0.350 e. The maximum Gasteiger partial charge on any atom is 0.350 e. The van der Waals surface area contributed by atoms with Gasteiger partial charge in [0.25, 0.3) is 0 Å². The van der Waals surface area contributed by atoms with Gasteiger partial charge in [0.1, 0.15) is 11.3 Å². The van der Waals surface area contributed by atoms with E-state index in [9.17, 15) is 9.59 Å². The van der Waals surface area contributed by atoms with Crippen LogP contribution in [0.3, 0.4) is 0 Å². The molecule has 1 aliphatic rings. The summed E-state index contributed by atoms with van der Waals surface area (Å²) in [6.45, 7) is 6.44. The van der Waals surface area contributed by atoms with E-state index in [4.69, 9.17) is 4.74 Å². The highest BCUT2D eigenvalue weighted by atomic mass is 16.5. The monoisotopic (exact) mass is 380 g/mol. The fourth-order valence-electron chi connectivity index (χ4n) is 4.27. The molecule has 146 valence electrons. The first-order valence-electron chi connectivity index (χ1n) is 9.45. The predicted molar refractivity (Wildman–Crippen MR) is 111 cm³/mol. The van der Waals surface area contributed by atoms with Gasteiger partial charge in [-0.25, -0.2) is 4.79 Å². The van der Waals surface area contributed by atoms with Gasteiger partial charge in [0.05, 0.1) is 12.6 Å². The molecule has 0 radical (unpaired) electrons. The van der Waals surface area contributed by atoms with Crippen molar-refractivity contribution in [2.45, 2.75) is 27.2 Å². The lowest BCUT2D eigenvalue weighted by atomic mass is 9.76. The van der Waals surface area contributed by atoms with Crippen molar-refractivity contribution < 1.29 is 4.74 Å². The summed E-state index contributed by atoms with van der Waals surface area (Å²) in [4.78, 5) is 31.4. The summed E-state index contributed by atoms with van der Waals surface area (Å²) in [6.07, 6.45) is 4.97. The Morgan fingerprint density at radius 2 is 2.00 bits per heavy atom. The average Bonchev–Trinajstić information content (AvgIpc) is 3.01. The molecule has 7 heteroatoms. The lowest BCUT2D eigenvalue weighted by Crippen LogP contribution is -2.33. The van der Waals surface area contributed by atoms with Gasteiger partial charge < -0.3 is 14.7 Å². The third-order valence-electron chi connectivity index (χ3n) is 5.65. The molecule has 7 nitrogen and oxygen atoms in total. The summed E-state index contributed by atoms with van der Waals surface area (Å²) in [6, 6.07) is 5.41. The van der Waals surface area contributed by atoms with Crippen molar-refractivity contribution in [3.05, 3.63) is 50.7 Å². The number of ether oxygens (including phenoxy) is 1. The molecule has 0 bridgehead atoms. The van der Waals surface area contributed by atoms with E-state index in [2.05, 4.69) is 41.9 Å². The zero-order valence-electron chi connectivity index (χ0n) is 16.4. The molecule has 4 rings (SSSR count). The fraction of sp³-hybridized carbons (Fsp3) is 0.381. The maximum absolute atomic E-state index is 12.9. The SMILES string of the molecule is COc1ccc2[nH]c3c(=O)n(/N=C\[C@H]4[C@@H](C)C=C(C)C[C@@H]4C)c(=O)[nH]c3c2c1. The lowest BCUT2D eigenvalue weighted by molar-refractivity contribution is 0.361. The molecule has 3 aromatic rings. The summed E-state index contributed by atoms with van der Waals surface area (Å²) >= 11 is 0. The van der Waals surface area contributed by atoms with Crippen molar-refractivity contribution >= 4 is 28.2 Å². The summed E-state index contributed by atoms with van der Waals surface area (Å²) < 4.78 is 6.14. The minimum Gasteiger partial charge on any atom is -0.497 e. The van der Waals surface area contributed by atoms with Gasteiger partial charge in [-0.1, -0.05) is 25.5 Å². The molecule has 0 unspecified atom stereocenters. The van der Waals surface area contributed by atoms with Crippen molar-refractivity contribution in [2.24, 2.45) is 22.9 Å². The van der Waals surface area contributed by atoms with Crippen molar-refractivity contribution in [3.63, 3.8) is 0 Å². The molecular formula is C21H24N4O3. The molecule has 3 atom stereocenters. The Morgan fingerprint density at radius 1 is 1.21 bits per heavy atom. The van der Waals surface area contributed by atoms with Crippen molar-refractivity contribution in [2.75, 3.05) is 7.11 Å². The number of fused-ring (bicyclic) bond motifs is 3. The molecule has 0 amide bonds. The van der Waals surface area contributed by atoms with Crippen LogP contribution in [0.15, 0.2) is 44.5 Å². The highest BCUT2D eigenvalue weighted by Crippen LogP contribution is 2.32. The van der Waals surface area contributed by atoms with Gasteiger partial charge in [0.2, 0.25) is 0 Å². The van der Waals surface area contributed by atoms with Crippen LogP contribution in [0, 0.1) is 17.8 Å². The lowest BCUT2D eigenvalue weighted by Gasteiger charge is -2.29. The maximum atomic E-state index is 12.9. The fourth-order valence-corrected chi connectivity index (χ4v) is 4.27. The molecule has 1 aromatic carbocycles. The highest BCUT2D eigenvalue weighted by Gasteiger charge is 2.25. The first-order chi connectivity index (χ1) is 13.4. The zero-order valence-corrected chi connectivity index (χ0v) is 16.4. The van der Waals surface area contributed by atoms with Gasteiger partial charge in [-0.15, -0.1) is 4.68 Å². The molecule has 0 fully saturated rings. The van der Waals surface area contributed by atoms with E-state index in [-0.39, 0.29) is 5.92 Å². The first-order valence-corrected chi connectivity index (χ1v) is 9.45. The molecule has 0 saturated carbocycles. The first kappa shape index (κ1) is 18.3. The number of H-pyrrole nitrogens is 2. The Bertz CT molecular complexity index is 1230. The third kappa shape index (κ3) is 2.96. The number of aromatic amines is 2. The van der Waals surface area contributed by atoms with Crippen molar-refractivity contribution in [3.8, 4) is 5.75 Å². The minimum atomic E-state index is -0.555. The molecule has 0 saturated heterocycles. The molecule has 28 heavy (non-hydrogen) atoms. The number of rotatable bonds is 3. The van der Waals surface area contributed by atoms with Gasteiger partial charge in [-0.05, 0) is 43.4 Å². The van der Waals surface area contributed by atoms with E-state index in [1.807, 2.05) is 6.07 Å². The number of aromatic nitrogens is 3. The summed E-state index contributed by atoms with van der Waals surface area (Å²) in [5.41, 5.74) is 1.89. The highest BCUT2D eigenvalue weighted by molar-refractivity contribution is 6.04. The molecule has 0 spiro atoms. The normalized spacial score (nSPS) is 22.9. The van der Waals surface area contributed by atoms with Crippen LogP contribution in [0.2, 0.25) is 0 Å². The standard InChI is InChI=1S/C21H24N4O3/c1-11-7-12(2)16(13(3)8-11)10-22-25-20(26)19-18(24-21(25)27)15-9-14(28-4)5-6-17(15)23-19/h5-7,9-10,12-13,16,23H,8H2,1-4H3,(H,24,27)/b22-10-/t12-,13-,16-/m0/s1. The minimum absolute atomic E-state index is 0.178. The Hall–Kier alpha value is -3.09. The average molecular weight is 380 g/mol. The molecule has 2 aromatic heterocycles. The van der Waals surface area contributed by atoms with E-state index in [1.165, 1.54) is 5.57 Å². The van der Waals surface area contributed by atoms with Gasteiger partial charge in [-0.3, -0.25) is 4.79 Å². The molecule has 1 aliphatic carbocycles. The Morgan fingerprint density at radius 3 is 2.71 bits per heavy atom. The summed E-state index contributed by atoms with van der Waals surface area (Å²) in [5, 5.41) is 5.00. The third-order valence-corrected chi connectivity index (χ3v) is 5.65. The van der Waals surface area contributed by atoms with Crippen LogP contribution < -0.4 is 16.0 Å². The van der Waals surface area contributed by atoms with E-state index in [1.54, 1.807) is 25.5 Å². The predicted octanol–water partition coefficient (Wildman–Crippen LogP) is 3.25. The number of benzene rings is 1. The van der Waals surface area contributed by atoms with Crippen LogP contribution in [-0.2, 0) is 0 Å². The van der Waals surface area contributed by atoms with Crippen LogP contribution in [0.5, 0.6) is 5.75 Å². The largest absolute Gasteiger partial charge is 0.497 e. The molecule has 2 N–H and O–H groups in total. The number of methoxy groups -OCH3 is 1. The Kier molecular flexibility index (Phi) is 4.45. The second-order valence-electron chi connectivity index (χ2n) is 7.73. The Balaban J connectivity index is 1.81. The molecule has 0 aliphatic heterocycles. The molecule has 2 heterocycles. The van der Waals surface area contributed by atoms with Gasteiger partial charge in [0.15, 0.2) is 0 Å². The second kappa shape index (κ2) is 6.82. The van der Waals surface area contributed by atoms with Crippen LogP contribution >= 0.6 is 0 Å². The van der Waals surface area contributed by atoms with Gasteiger partial charge in [-0.2, -0.15) is 5.10 Å². The summed E-state index contributed by atoms with van der Waals surface area (Å²) in [7, 11) is 1.57. The van der Waals surface area contributed by atoms with Crippen molar-refractivity contribution in [1.82, 2.24) is 14.6 Å². The van der Waals surface area contributed by atoms with Crippen LogP contribution in [-0.4, -0.2) is 28.0 Å². The number of allylic oxidation sites excluding steroid dienone is 2. The van der Waals surface area contributed by atoms with Crippen LogP contribution in [0.4, 0.5) is 0 Å². The van der Waals surface area contributed by atoms with Crippen molar-refractivity contribution in [1.29, 1.82) is 0 Å². The number of hydrogen-bond acceptors (Lipinski definition) is 4.